The van der Waals surface area contributed by atoms with Gasteiger partial charge in [-0.2, -0.15) is 4.58 Å². The molecule has 8 nitrogen and oxygen atoms in total. The van der Waals surface area contributed by atoms with Crippen molar-refractivity contribution in [3.8, 4) is 5.75 Å². The van der Waals surface area contributed by atoms with E-state index in [1.807, 2.05) is 33.1 Å². The number of fused-ring (bicyclic) bond motifs is 8. The van der Waals surface area contributed by atoms with Gasteiger partial charge in [0, 0.05) is 92.6 Å². The summed E-state index contributed by atoms with van der Waals surface area (Å²) < 4.78 is 9.67. The van der Waals surface area contributed by atoms with Crippen LogP contribution in [0.3, 0.4) is 0 Å². The van der Waals surface area contributed by atoms with Crippen LogP contribution in [0.4, 0.5) is 45.5 Å². The van der Waals surface area contributed by atoms with Crippen LogP contribution in [-0.2, 0) is 15.6 Å². The lowest BCUT2D eigenvalue weighted by Gasteiger charge is -2.38. The molecule has 0 atom stereocenters. The summed E-state index contributed by atoms with van der Waals surface area (Å²) >= 11 is 1.55. The van der Waals surface area contributed by atoms with Gasteiger partial charge in [-0.1, -0.05) is 74.5 Å². The Morgan fingerprint density at radius 1 is 0.671 bits per heavy atom. The highest BCUT2D eigenvalue weighted by Gasteiger charge is 2.45. The molecule has 1 aliphatic carbocycles. The van der Waals surface area contributed by atoms with E-state index in [4.69, 9.17) is 4.74 Å². The van der Waals surface area contributed by atoms with E-state index in [0.717, 1.165) is 82.9 Å². The molecule has 0 bridgehead atoms. The van der Waals surface area contributed by atoms with E-state index >= 15 is 0 Å². The van der Waals surface area contributed by atoms with Crippen molar-refractivity contribution >= 4 is 90.4 Å². The molecule has 0 radical (unpaired) electrons. The molecule has 1 amide bonds. The number of thioether (sulfide) groups is 1. The first-order valence-electron chi connectivity index (χ1n) is 27.0. The molecule has 0 fully saturated rings. The van der Waals surface area contributed by atoms with E-state index in [2.05, 4.69) is 231 Å². The number of likely N-dealkylation sites (N-methyl/N-ethyl adjacent to an activating group) is 1. The molecule has 0 unspecified atom stereocenters. The molecule has 0 saturated heterocycles. The Kier molecular flexibility index (Phi) is 13.3. The van der Waals surface area contributed by atoms with Crippen molar-refractivity contribution in [3.63, 3.8) is 0 Å². The van der Waals surface area contributed by atoms with Gasteiger partial charge in [0.25, 0.3) is 0 Å². The summed E-state index contributed by atoms with van der Waals surface area (Å²) in [4.78, 5) is 26.4. The number of benzene rings is 7. The standard InChI is InChI=1S/C67H71N6O2S/c1-12-71-56-35-25-44-19-14-16-23-52(44)63(56)66(3,4)60(71)39-27-46-21-18-22-47(28-40-61-67(5,6)64-53-24-17-15-20-45(53)26-36-57(64)72(61)13-2)65(46)75-50-31-33-51(34-32-50)76-43-62(74)73-54-37-29-48(68(7)8)41-58(54)70(11)59-42-49(69(9)10)30-38-55(59)73/h14-17,19-20,23-42H,12-13,18,21-22,43H2,1-11H3/q+1. The van der Waals surface area contributed by atoms with E-state index in [1.54, 1.807) is 11.8 Å². The van der Waals surface area contributed by atoms with Crippen LogP contribution in [0.15, 0.2) is 185 Å². The van der Waals surface area contributed by atoms with E-state index in [0.29, 0.717) is 0 Å². The maximum atomic E-state index is 14.6. The van der Waals surface area contributed by atoms with Gasteiger partial charge in [0.1, 0.15) is 18.1 Å². The zero-order chi connectivity index (χ0) is 53.2. The number of anilines is 7. The van der Waals surface area contributed by atoms with Gasteiger partial charge in [-0.15, -0.1) is 11.8 Å². The minimum absolute atomic E-state index is 0.0217. The van der Waals surface area contributed by atoms with Crippen LogP contribution in [0.5, 0.6) is 5.75 Å². The van der Waals surface area contributed by atoms with Gasteiger partial charge in [0.05, 0.1) is 33.9 Å². The van der Waals surface area contributed by atoms with Crippen molar-refractivity contribution in [2.24, 2.45) is 0 Å². The highest BCUT2D eigenvalue weighted by atomic mass is 32.2. The lowest BCUT2D eigenvalue weighted by atomic mass is 9.78. The van der Waals surface area contributed by atoms with Gasteiger partial charge in [-0.25, -0.2) is 0 Å². The van der Waals surface area contributed by atoms with E-state index in [9.17, 15) is 4.79 Å². The maximum absolute atomic E-state index is 14.6. The number of hydrogen-bond acceptors (Lipinski definition) is 7. The van der Waals surface area contributed by atoms with Crippen LogP contribution in [0.2, 0.25) is 0 Å². The van der Waals surface area contributed by atoms with Gasteiger partial charge in [-0.3, -0.25) is 9.69 Å². The fourth-order valence-corrected chi connectivity index (χ4v) is 13.2. The zero-order valence-corrected chi connectivity index (χ0v) is 47.0. The summed E-state index contributed by atoms with van der Waals surface area (Å²) in [5.41, 5.74) is 15.8. The van der Waals surface area contributed by atoms with Gasteiger partial charge in [0.2, 0.25) is 11.6 Å². The Balaban J connectivity index is 0.924. The van der Waals surface area contributed by atoms with Crippen LogP contribution >= 0.6 is 11.8 Å². The molecule has 0 N–H and O–H groups in total. The maximum Gasteiger partial charge on any atom is 0.242 e. The number of hydrogen-bond donors (Lipinski definition) is 0. The number of ether oxygens (including phenoxy) is 1. The second-order valence-electron chi connectivity index (χ2n) is 22.1. The Morgan fingerprint density at radius 2 is 1.28 bits per heavy atom. The molecular formula is C67H71N6O2S+. The van der Waals surface area contributed by atoms with Crippen LogP contribution in [0.1, 0.15) is 71.9 Å². The topological polar surface area (TPSA) is 45.5 Å². The second-order valence-corrected chi connectivity index (χ2v) is 23.1. The second kappa shape index (κ2) is 19.9. The van der Waals surface area contributed by atoms with E-state index < -0.39 is 0 Å². The minimum atomic E-state index is -0.212. The lowest BCUT2D eigenvalue weighted by molar-refractivity contribution is -0.433. The number of amides is 1. The summed E-state index contributed by atoms with van der Waals surface area (Å²) in [5.74, 6) is 1.98. The fourth-order valence-electron chi connectivity index (χ4n) is 12.4. The van der Waals surface area contributed by atoms with E-state index in [1.165, 1.54) is 66.6 Å². The fraction of sp³-hybridized carbons (Fsp3) is 0.284. The molecule has 7 aromatic carbocycles. The average Bonchev–Trinajstić information content (AvgIpc) is 3.86. The first kappa shape index (κ1) is 50.7. The summed E-state index contributed by atoms with van der Waals surface area (Å²) in [6.45, 7) is 15.8. The summed E-state index contributed by atoms with van der Waals surface area (Å²) in [6, 6.07) is 47.7. The van der Waals surface area contributed by atoms with Gasteiger partial charge in [-0.05, 0) is 170 Å². The van der Waals surface area contributed by atoms with Crippen LogP contribution in [-0.4, -0.2) is 70.3 Å². The number of allylic oxidation sites excluding steroid dienone is 7. The Bertz CT molecular complexity index is 3570. The normalized spacial score (nSPS) is 17.5. The molecule has 0 aromatic heterocycles. The predicted molar refractivity (Wildman–Crippen MR) is 323 cm³/mol. The van der Waals surface area contributed by atoms with Crippen molar-refractivity contribution < 1.29 is 14.1 Å². The SMILES string of the molecule is CCN1/C(=C/C=C2\CCCC(/C=C/C3=[N+](CC)c4ccc5ccccc5c4C3(C)C)=C2Oc2ccc(SCC(=O)N3c4ccc(N(C)C)cc4N(C)c4cc(N(C)C)ccc43)cc2)C(C)(C)c2c1ccc1ccccc21. The molecule has 76 heavy (non-hydrogen) atoms. The molecule has 7 aromatic rings. The van der Waals surface area contributed by atoms with Crippen molar-refractivity contribution in [3.05, 3.63) is 191 Å². The molecular weight excluding hydrogens is 953 g/mol. The van der Waals surface area contributed by atoms with Gasteiger partial charge in [0.15, 0.2) is 5.71 Å². The Hall–Kier alpha value is -7.49. The molecule has 3 heterocycles. The molecule has 0 spiro atoms. The number of carbonyl (C=O) groups excluding carboxylic acids is 1. The molecule has 386 valence electrons. The van der Waals surface area contributed by atoms with Crippen LogP contribution in [0, 0.1) is 0 Å². The zero-order valence-electron chi connectivity index (χ0n) is 46.2. The first-order valence-corrected chi connectivity index (χ1v) is 28.0. The Morgan fingerprint density at radius 3 is 1.89 bits per heavy atom. The highest BCUT2D eigenvalue weighted by molar-refractivity contribution is 8.00. The van der Waals surface area contributed by atoms with Gasteiger partial charge >= 0.3 is 0 Å². The molecule has 9 heteroatoms. The molecule has 0 saturated carbocycles. The Labute approximate surface area is 454 Å². The number of nitrogens with zero attached hydrogens (tertiary/aromatic N) is 6. The summed E-state index contributed by atoms with van der Waals surface area (Å²) in [5, 5.41) is 5.17. The highest BCUT2D eigenvalue weighted by Crippen LogP contribution is 2.52. The van der Waals surface area contributed by atoms with E-state index in [-0.39, 0.29) is 22.5 Å². The third-order valence-electron chi connectivity index (χ3n) is 16.3. The molecule has 4 aliphatic rings. The quantitative estimate of drug-likeness (QED) is 0.0892. The monoisotopic (exact) mass is 1020 g/mol. The summed E-state index contributed by atoms with van der Waals surface area (Å²) in [6.07, 6.45) is 12.3. The first-order chi connectivity index (χ1) is 36.6. The average molecular weight is 1020 g/mol. The largest absolute Gasteiger partial charge is 0.457 e. The molecule has 11 rings (SSSR count). The predicted octanol–water partition coefficient (Wildman–Crippen LogP) is 15.8. The smallest absolute Gasteiger partial charge is 0.242 e. The van der Waals surface area contributed by atoms with Crippen molar-refractivity contribution in [1.29, 1.82) is 0 Å². The van der Waals surface area contributed by atoms with Crippen molar-refractivity contribution in [2.45, 2.75) is 76.5 Å². The third-order valence-corrected chi connectivity index (χ3v) is 17.3. The number of rotatable bonds is 12. The minimum Gasteiger partial charge on any atom is -0.457 e. The van der Waals surface area contributed by atoms with Crippen molar-refractivity contribution in [2.75, 3.05) is 78.6 Å². The number of carbonyl (C=O) groups is 1. The van der Waals surface area contributed by atoms with Crippen molar-refractivity contribution in [1.82, 2.24) is 0 Å². The van der Waals surface area contributed by atoms with Gasteiger partial charge < -0.3 is 24.3 Å². The van der Waals surface area contributed by atoms with Crippen LogP contribution in [0.25, 0.3) is 21.5 Å². The third kappa shape index (κ3) is 8.66. The van der Waals surface area contributed by atoms with Crippen LogP contribution < -0.4 is 29.2 Å². The molecule has 3 aliphatic heterocycles. The summed E-state index contributed by atoms with van der Waals surface area (Å²) in [7, 11) is 10.3. The lowest BCUT2D eigenvalue weighted by Crippen LogP contribution is -2.34.